The number of hydrogen-bond acceptors (Lipinski definition) is 3. The highest BCUT2D eigenvalue weighted by molar-refractivity contribution is 4.95. The van der Waals surface area contributed by atoms with Crippen LogP contribution in [0.25, 0.3) is 0 Å². The monoisotopic (exact) mass is 268 g/mol. The third-order valence-corrected chi connectivity index (χ3v) is 5.63. The van der Waals surface area contributed by atoms with Crippen LogP contribution in [0.2, 0.25) is 0 Å². The van der Waals surface area contributed by atoms with E-state index in [1.54, 1.807) is 0 Å². The Bertz CT molecular complexity index is 298. The van der Waals surface area contributed by atoms with Gasteiger partial charge in [-0.3, -0.25) is 0 Å². The van der Waals surface area contributed by atoms with Crippen LogP contribution < -0.4 is 0 Å². The summed E-state index contributed by atoms with van der Waals surface area (Å²) in [6.07, 6.45) is 9.24. The number of aliphatic hydroxyl groups is 1. The van der Waals surface area contributed by atoms with E-state index in [-0.39, 0.29) is 17.8 Å². The lowest BCUT2D eigenvalue weighted by atomic mass is 9.76. The Morgan fingerprint density at radius 3 is 2.74 bits per heavy atom. The molecule has 1 saturated carbocycles. The smallest absolute Gasteiger partial charge is 0.0686 e. The molecule has 0 radical (unpaired) electrons. The van der Waals surface area contributed by atoms with Crippen LogP contribution in [0.3, 0.4) is 0 Å². The van der Waals surface area contributed by atoms with E-state index in [4.69, 9.17) is 9.47 Å². The summed E-state index contributed by atoms with van der Waals surface area (Å²) in [5.41, 5.74) is 0.116. The first-order chi connectivity index (χ1) is 9.24. The van der Waals surface area contributed by atoms with Gasteiger partial charge in [0, 0.05) is 19.1 Å². The van der Waals surface area contributed by atoms with Crippen molar-refractivity contribution >= 4 is 0 Å². The van der Waals surface area contributed by atoms with Gasteiger partial charge in [0.15, 0.2) is 0 Å². The zero-order valence-corrected chi connectivity index (χ0v) is 12.1. The molecule has 3 aliphatic rings. The molecule has 0 amide bonds. The first kappa shape index (κ1) is 13.8. The molecule has 0 bridgehead atoms. The Kier molecular flexibility index (Phi) is 4.16. The maximum Gasteiger partial charge on any atom is 0.0686 e. The molecule has 19 heavy (non-hydrogen) atoms. The minimum absolute atomic E-state index is 0.116. The van der Waals surface area contributed by atoms with Gasteiger partial charge in [-0.15, -0.1) is 0 Å². The molecule has 3 fully saturated rings. The van der Waals surface area contributed by atoms with E-state index < -0.39 is 0 Å². The highest BCUT2D eigenvalue weighted by atomic mass is 16.5. The summed E-state index contributed by atoms with van der Waals surface area (Å²) in [6, 6.07) is 0. The van der Waals surface area contributed by atoms with Gasteiger partial charge in [0.05, 0.1) is 17.8 Å². The van der Waals surface area contributed by atoms with Crippen LogP contribution in [0.1, 0.15) is 58.3 Å². The van der Waals surface area contributed by atoms with Crippen LogP contribution in [-0.2, 0) is 9.47 Å². The molecule has 2 saturated heterocycles. The molecule has 0 aromatic heterocycles. The lowest BCUT2D eigenvalue weighted by Crippen LogP contribution is -2.44. The third kappa shape index (κ3) is 2.70. The molecule has 4 unspecified atom stereocenters. The van der Waals surface area contributed by atoms with Gasteiger partial charge >= 0.3 is 0 Å². The molecule has 2 heterocycles. The quantitative estimate of drug-likeness (QED) is 0.855. The van der Waals surface area contributed by atoms with Crippen LogP contribution >= 0.6 is 0 Å². The Hall–Kier alpha value is -0.120. The summed E-state index contributed by atoms with van der Waals surface area (Å²) < 4.78 is 11.8. The van der Waals surface area contributed by atoms with Crippen molar-refractivity contribution < 1.29 is 14.6 Å². The molecule has 1 N–H and O–H groups in total. The molecule has 0 aromatic rings. The molecule has 0 aromatic carbocycles. The Labute approximate surface area is 116 Å². The second-order valence-electron chi connectivity index (χ2n) is 6.75. The van der Waals surface area contributed by atoms with Crippen molar-refractivity contribution in [2.45, 2.75) is 76.1 Å². The average Bonchev–Trinajstić information content (AvgIpc) is 3.07. The Morgan fingerprint density at radius 2 is 2.00 bits per heavy atom. The van der Waals surface area contributed by atoms with Crippen molar-refractivity contribution in [3.05, 3.63) is 0 Å². The van der Waals surface area contributed by atoms with E-state index in [0.29, 0.717) is 11.8 Å². The van der Waals surface area contributed by atoms with E-state index in [0.717, 1.165) is 38.9 Å². The van der Waals surface area contributed by atoms with Gasteiger partial charge < -0.3 is 14.6 Å². The number of hydrogen-bond donors (Lipinski definition) is 1. The van der Waals surface area contributed by atoms with Gasteiger partial charge in [-0.1, -0.05) is 19.8 Å². The van der Waals surface area contributed by atoms with Crippen molar-refractivity contribution in [2.75, 3.05) is 13.2 Å². The van der Waals surface area contributed by atoms with Crippen molar-refractivity contribution in [3.8, 4) is 0 Å². The number of rotatable bonds is 3. The minimum Gasteiger partial charge on any atom is -0.392 e. The van der Waals surface area contributed by atoms with Crippen LogP contribution in [0, 0.1) is 11.8 Å². The van der Waals surface area contributed by atoms with Gasteiger partial charge in [-0.05, 0) is 44.4 Å². The van der Waals surface area contributed by atoms with Crippen molar-refractivity contribution in [1.29, 1.82) is 0 Å². The summed E-state index contributed by atoms with van der Waals surface area (Å²) >= 11 is 0. The van der Waals surface area contributed by atoms with E-state index >= 15 is 0 Å². The van der Waals surface area contributed by atoms with E-state index in [9.17, 15) is 5.11 Å². The molecule has 3 rings (SSSR count). The second-order valence-corrected chi connectivity index (χ2v) is 6.75. The third-order valence-electron chi connectivity index (χ3n) is 5.63. The fourth-order valence-corrected chi connectivity index (χ4v) is 4.55. The molecular weight excluding hydrogens is 240 g/mol. The molecule has 3 nitrogen and oxygen atoms in total. The zero-order chi connectivity index (χ0) is 13.3. The molecule has 4 atom stereocenters. The topological polar surface area (TPSA) is 38.7 Å². The normalized spacial score (nSPS) is 39.8. The fraction of sp³-hybridized carbons (Fsp3) is 1.00. The predicted octanol–water partition coefficient (Wildman–Crippen LogP) is 2.90. The van der Waals surface area contributed by atoms with E-state index in [1.807, 2.05) is 0 Å². The van der Waals surface area contributed by atoms with Crippen LogP contribution in [0.15, 0.2) is 0 Å². The number of aliphatic hydroxyl groups excluding tert-OH is 1. The van der Waals surface area contributed by atoms with E-state index in [1.165, 1.54) is 25.7 Å². The minimum atomic E-state index is -0.186. The summed E-state index contributed by atoms with van der Waals surface area (Å²) in [4.78, 5) is 0. The molecule has 1 spiro atoms. The van der Waals surface area contributed by atoms with Gasteiger partial charge in [-0.25, -0.2) is 0 Å². The maximum absolute atomic E-state index is 10.8. The highest BCUT2D eigenvalue weighted by Gasteiger charge is 2.45. The standard InChI is InChI=1S/C16H28O3/c1-2-14-13(6-9-18-14)15(17)12-5-10-19-16(11-12)7-3-4-8-16/h12-15,17H,2-11H2,1H3. The zero-order valence-electron chi connectivity index (χ0n) is 12.1. The Balaban J connectivity index is 1.64. The van der Waals surface area contributed by atoms with Gasteiger partial charge in [0.2, 0.25) is 0 Å². The molecule has 110 valence electrons. The summed E-state index contributed by atoms with van der Waals surface area (Å²) in [6.45, 7) is 3.83. The van der Waals surface area contributed by atoms with Crippen LogP contribution in [0.5, 0.6) is 0 Å². The SMILES string of the molecule is CCC1OCCC1C(O)C1CCOC2(CCCC2)C1. The van der Waals surface area contributed by atoms with Crippen LogP contribution in [0.4, 0.5) is 0 Å². The van der Waals surface area contributed by atoms with Gasteiger partial charge in [0.1, 0.15) is 0 Å². The summed E-state index contributed by atoms with van der Waals surface area (Å²) in [7, 11) is 0. The van der Waals surface area contributed by atoms with Gasteiger partial charge in [-0.2, -0.15) is 0 Å². The first-order valence-corrected chi connectivity index (χ1v) is 8.18. The second kappa shape index (κ2) is 5.71. The van der Waals surface area contributed by atoms with E-state index in [2.05, 4.69) is 6.92 Å². The number of ether oxygens (including phenoxy) is 2. The Morgan fingerprint density at radius 1 is 1.21 bits per heavy atom. The molecular formula is C16H28O3. The maximum atomic E-state index is 10.8. The van der Waals surface area contributed by atoms with Crippen molar-refractivity contribution in [3.63, 3.8) is 0 Å². The lowest BCUT2D eigenvalue weighted by molar-refractivity contribution is -0.123. The molecule has 3 heteroatoms. The van der Waals surface area contributed by atoms with Gasteiger partial charge in [0.25, 0.3) is 0 Å². The summed E-state index contributed by atoms with van der Waals surface area (Å²) in [5.74, 6) is 0.777. The lowest BCUT2D eigenvalue weighted by Gasteiger charge is -2.41. The first-order valence-electron chi connectivity index (χ1n) is 8.18. The molecule has 2 aliphatic heterocycles. The van der Waals surface area contributed by atoms with Crippen molar-refractivity contribution in [2.24, 2.45) is 11.8 Å². The van der Waals surface area contributed by atoms with Crippen molar-refractivity contribution in [1.82, 2.24) is 0 Å². The highest BCUT2D eigenvalue weighted by Crippen LogP contribution is 2.44. The largest absolute Gasteiger partial charge is 0.392 e. The summed E-state index contributed by atoms with van der Waals surface area (Å²) in [5, 5.41) is 10.8. The fourth-order valence-electron chi connectivity index (χ4n) is 4.55. The van der Waals surface area contributed by atoms with Crippen LogP contribution in [-0.4, -0.2) is 36.1 Å². The average molecular weight is 268 g/mol. The predicted molar refractivity (Wildman–Crippen MR) is 74.0 cm³/mol. The molecule has 1 aliphatic carbocycles.